The maximum Gasteiger partial charge on any atom is 0.255 e. The summed E-state index contributed by atoms with van der Waals surface area (Å²) in [5.74, 6) is -0.0617. The number of carbonyl (C=O) groups excluding carboxylic acids is 2. The fourth-order valence-corrected chi connectivity index (χ4v) is 5.18. The lowest BCUT2D eigenvalue weighted by atomic mass is 9.95. The Morgan fingerprint density at radius 2 is 1.93 bits per heavy atom. The van der Waals surface area contributed by atoms with Crippen molar-refractivity contribution in [2.75, 3.05) is 45.7 Å². The first-order valence-electron chi connectivity index (χ1n) is 13.3. The second kappa shape index (κ2) is 12.5. The molecule has 4 aromatic rings. The first-order chi connectivity index (χ1) is 19.9. The molecule has 0 radical (unpaired) electrons. The molecule has 0 unspecified atom stereocenters. The number of imidazole rings is 1. The van der Waals surface area contributed by atoms with Crippen LogP contribution in [0.15, 0.2) is 55.0 Å². The third-order valence-electron chi connectivity index (χ3n) is 7.17. The highest BCUT2D eigenvalue weighted by Crippen LogP contribution is 2.30. The van der Waals surface area contributed by atoms with Gasteiger partial charge in [0.15, 0.2) is 23.0 Å². The van der Waals surface area contributed by atoms with Gasteiger partial charge < -0.3 is 25.6 Å². The predicted octanol–water partition coefficient (Wildman–Crippen LogP) is 4.13. The number of amides is 2. The maximum atomic E-state index is 14.3. The summed E-state index contributed by atoms with van der Waals surface area (Å²) in [6, 6.07) is 9.84. The van der Waals surface area contributed by atoms with Gasteiger partial charge in [-0.25, -0.2) is 14.4 Å². The Labute approximate surface area is 241 Å². The number of nitrogens with zero attached hydrogens (tertiary/aromatic N) is 4. The van der Waals surface area contributed by atoms with Gasteiger partial charge >= 0.3 is 0 Å². The molecule has 41 heavy (non-hydrogen) atoms. The summed E-state index contributed by atoms with van der Waals surface area (Å²) < 4.78 is 21.1. The van der Waals surface area contributed by atoms with E-state index in [0.717, 1.165) is 0 Å². The molecule has 12 heteroatoms. The van der Waals surface area contributed by atoms with Crippen molar-refractivity contribution in [1.82, 2.24) is 29.9 Å². The molecule has 2 amide bonds. The Morgan fingerprint density at radius 3 is 2.63 bits per heavy atom. The maximum absolute atomic E-state index is 14.3. The van der Waals surface area contributed by atoms with Crippen LogP contribution in [-0.4, -0.2) is 71.4 Å². The number of hydrogen-bond acceptors (Lipinski definition) is 7. The quantitative estimate of drug-likeness (QED) is 0.256. The number of benzene rings is 2. The summed E-state index contributed by atoms with van der Waals surface area (Å²) in [6.07, 6.45) is 6.23. The molecule has 2 aromatic carbocycles. The normalized spacial score (nSPS) is 13.8. The Kier molecular flexibility index (Phi) is 8.65. The largest absolute Gasteiger partial charge is 0.494 e. The lowest BCUT2D eigenvalue weighted by Crippen LogP contribution is -2.44. The SMILES string of the molecule is CNCCNC(=O)C1CCN(C(=O)c2ccc(Nc3nccn4c(-c5ccc(OC)c(F)c5)cnc34)cc2Cl)CC1. The zero-order chi connectivity index (χ0) is 28.9. The Balaban J connectivity index is 1.27. The zero-order valence-electron chi connectivity index (χ0n) is 22.8. The highest BCUT2D eigenvalue weighted by Gasteiger charge is 2.28. The summed E-state index contributed by atoms with van der Waals surface area (Å²) in [7, 11) is 3.26. The number of methoxy groups -OCH3 is 1. The minimum Gasteiger partial charge on any atom is -0.494 e. The molecule has 1 fully saturated rings. The number of fused-ring (bicyclic) bond motifs is 1. The van der Waals surface area contributed by atoms with Crippen molar-refractivity contribution < 1.29 is 18.7 Å². The number of nitrogens with one attached hydrogen (secondary N) is 3. The predicted molar refractivity (Wildman–Crippen MR) is 155 cm³/mol. The molecule has 10 nitrogen and oxygen atoms in total. The second-order valence-electron chi connectivity index (χ2n) is 9.74. The van der Waals surface area contributed by atoms with Gasteiger partial charge in [-0.2, -0.15) is 0 Å². The smallest absolute Gasteiger partial charge is 0.255 e. The highest BCUT2D eigenvalue weighted by atomic mass is 35.5. The van der Waals surface area contributed by atoms with Gasteiger partial charge in [0.05, 0.1) is 29.6 Å². The van der Waals surface area contributed by atoms with E-state index >= 15 is 0 Å². The highest BCUT2D eigenvalue weighted by molar-refractivity contribution is 6.34. The molecule has 3 heterocycles. The van der Waals surface area contributed by atoms with E-state index in [0.29, 0.717) is 78.0 Å². The van der Waals surface area contributed by atoms with E-state index in [-0.39, 0.29) is 23.5 Å². The van der Waals surface area contributed by atoms with Gasteiger partial charge in [-0.1, -0.05) is 11.6 Å². The van der Waals surface area contributed by atoms with Gasteiger partial charge in [-0.15, -0.1) is 0 Å². The molecule has 0 saturated carbocycles. The molecular formula is C29H31ClFN7O3. The number of ether oxygens (including phenoxy) is 1. The average molecular weight is 580 g/mol. The molecule has 3 N–H and O–H groups in total. The lowest BCUT2D eigenvalue weighted by Gasteiger charge is -2.31. The fourth-order valence-electron chi connectivity index (χ4n) is 4.92. The average Bonchev–Trinajstić information content (AvgIpc) is 3.42. The minimum atomic E-state index is -0.466. The third kappa shape index (κ3) is 6.10. The van der Waals surface area contributed by atoms with Gasteiger partial charge in [0.2, 0.25) is 5.91 Å². The van der Waals surface area contributed by atoms with E-state index in [9.17, 15) is 14.0 Å². The van der Waals surface area contributed by atoms with Crippen molar-refractivity contribution in [3.63, 3.8) is 0 Å². The molecule has 1 saturated heterocycles. The summed E-state index contributed by atoms with van der Waals surface area (Å²) in [4.78, 5) is 36.2. The van der Waals surface area contributed by atoms with Gasteiger partial charge in [-0.05, 0) is 56.3 Å². The topological polar surface area (TPSA) is 113 Å². The Bertz CT molecular complexity index is 1570. The van der Waals surface area contributed by atoms with E-state index in [4.69, 9.17) is 16.3 Å². The molecule has 2 aromatic heterocycles. The monoisotopic (exact) mass is 579 g/mol. The standard InChI is InChI=1S/C29H31ClFN7O3/c1-32-9-10-34-28(39)18-7-12-37(13-8-18)29(40)21-5-4-20(16-22(21)30)36-26-27-35-17-24(38(27)14-11-33-26)19-3-6-25(41-2)23(31)15-19/h3-6,11,14-18,32H,7-10,12-13H2,1-2H3,(H,33,36)(H,34,39). The van der Waals surface area contributed by atoms with E-state index in [1.807, 2.05) is 7.05 Å². The van der Waals surface area contributed by atoms with Crippen LogP contribution in [0.4, 0.5) is 15.9 Å². The molecule has 1 aliphatic heterocycles. The molecule has 0 bridgehead atoms. The number of anilines is 2. The summed E-state index contributed by atoms with van der Waals surface area (Å²) >= 11 is 6.56. The number of aromatic nitrogens is 3. The first kappa shape index (κ1) is 28.3. The van der Waals surface area contributed by atoms with Crippen molar-refractivity contribution in [1.29, 1.82) is 0 Å². The first-order valence-corrected chi connectivity index (χ1v) is 13.7. The molecule has 0 atom stereocenters. The fraction of sp³-hybridized carbons (Fsp3) is 0.310. The van der Waals surface area contributed by atoms with Crippen LogP contribution < -0.4 is 20.7 Å². The van der Waals surface area contributed by atoms with Crippen molar-refractivity contribution in [3.8, 4) is 17.0 Å². The van der Waals surface area contributed by atoms with Crippen molar-refractivity contribution in [2.24, 2.45) is 5.92 Å². The number of likely N-dealkylation sites (tertiary alicyclic amines) is 1. The third-order valence-corrected chi connectivity index (χ3v) is 7.48. The van der Waals surface area contributed by atoms with Crippen LogP contribution in [-0.2, 0) is 4.79 Å². The summed E-state index contributed by atoms with van der Waals surface area (Å²) in [5.41, 5.74) is 2.88. The van der Waals surface area contributed by atoms with Gasteiger partial charge in [0.1, 0.15) is 0 Å². The summed E-state index contributed by atoms with van der Waals surface area (Å²) in [6.45, 7) is 2.28. The van der Waals surface area contributed by atoms with E-state index in [1.54, 1.807) is 58.2 Å². The van der Waals surface area contributed by atoms with Crippen LogP contribution in [0.3, 0.4) is 0 Å². The van der Waals surface area contributed by atoms with Gasteiger partial charge in [0, 0.05) is 55.7 Å². The minimum absolute atomic E-state index is 0.0326. The number of halogens is 2. The number of likely N-dealkylation sites (N-methyl/N-ethyl adjacent to an activating group) is 1. The summed E-state index contributed by atoms with van der Waals surface area (Å²) in [5, 5.41) is 9.45. The van der Waals surface area contributed by atoms with Crippen LogP contribution in [0.5, 0.6) is 5.75 Å². The Hall–Kier alpha value is -4.22. The molecule has 214 valence electrons. The van der Waals surface area contributed by atoms with Gasteiger partial charge in [-0.3, -0.25) is 14.0 Å². The van der Waals surface area contributed by atoms with Crippen molar-refractivity contribution in [2.45, 2.75) is 12.8 Å². The van der Waals surface area contributed by atoms with Crippen LogP contribution >= 0.6 is 11.6 Å². The molecule has 5 rings (SSSR count). The van der Waals surface area contributed by atoms with Gasteiger partial charge in [0.25, 0.3) is 5.91 Å². The van der Waals surface area contributed by atoms with Crippen molar-refractivity contribution >= 4 is 40.6 Å². The number of rotatable bonds is 9. The molecule has 0 spiro atoms. The number of carbonyl (C=O) groups is 2. The van der Waals surface area contributed by atoms with Crippen LogP contribution in [0.2, 0.25) is 5.02 Å². The zero-order valence-corrected chi connectivity index (χ0v) is 23.5. The lowest BCUT2D eigenvalue weighted by molar-refractivity contribution is -0.126. The van der Waals surface area contributed by atoms with Crippen LogP contribution in [0, 0.1) is 11.7 Å². The van der Waals surface area contributed by atoms with E-state index in [2.05, 4.69) is 25.9 Å². The number of piperidine rings is 1. The Morgan fingerprint density at radius 1 is 1.12 bits per heavy atom. The van der Waals surface area contributed by atoms with E-state index < -0.39 is 5.82 Å². The number of hydrogen-bond donors (Lipinski definition) is 3. The van der Waals surface area contributed by atoms with Crippen LogP contribution in [0.25, 0.3) is 16.9 Å². The molecule has 1 aliphatic rings. The van der Waals surface area contributed by atoms with Crippen LogP contribution in [0.1, 0.15) is 23.2 Å². The van der Waals surface area contributed by atoms with Crippen molar-refractivity contribution in [3.05, 3.63) is 71.4 Å². The van der Waals surface area contributed by atoms with E-state index in [1.165, 1.54) is 13.2 Å². The second-order valence-corrected chi connectivity index (χ2v) is 10.2. The molecular weight excluding hydrogens is 549 g/mol. The molecule has 0 aliphatic carbocycles.